The fourth-order valence-corrected chi connectivity index (χ4v) is 6.85. The van der Waals surface area contributed by atoms with Gasteiger partial charge in [-0.25, -0.2) is 4.98 Å². The van der Waals surface area contributed by atoms with Crippen molar-refractivity contribution in [1.29, 1.82) is 0 Å². The lowest BCUT2D eigenvalue weighted by Crippen LogP contribution is -2.55. The van der Waals surface area contributed by atoms with Crippen LogP contribution in [0.5, 0.6) is 5.88 Å². The Labute approximate surface area is 190 Å². The zero-order valence-electron chi connectivity index (χ0n) is 19.1. The monoisotopic (exact) mass is 443 g/mol. The van der Waals surface area contributed by atoms with Crippen molar-refractivity contribution in [2.24, 2.45) is 28.1 Å². The summed E-state index contributed by atoms with van der Waals surface area (Å²) in [5.41, 5.74) is 1.43. The summed E-state index contributed by atoms with van der Waals surface area (Å²) < 4.78 is 5.17. The van der Waals surface area contributed by atoms with Crippen molar-refractivity contribution in [3.8, 4) is 5.88 Å². The minimum Gasteiger partial charge on any atom is -0.481 e. The van der Waals surface area contributed by atoms with Gasteiger partial charge in [0.1, 0.15) is 5.15 Å². The molecule has 2 saturated carbocycles. The Morgan fingerprint density at radius 1 is 1.29 bits per heavy atom. The number of fused-ring (bicyclic) bond motifs is 3. The minimum absolute atomic E-state index is 0.0173. The van der Waals surface area contributed by atoms with Crippen molar-refractivity contribution in [2.45, 2.75) is 65.7 Å². The lowest BCUT2D eigenvalue weighted by molar-refractivity contribution is -0.139. The van der Waals surface area contributed by atoms with E-state index in [2.05, 4.69) is 54.8 Å². The average molecular weight is 444 g/mol. The standard InChI is InChI=1S/C25H34ClN3O2/c1-6-23(2)13-10-17-16(15-23)8-9-18-24(17,3)11-7-12-25(18,4)21(30)29-22-27-19(26)14-20(28-22)31-5/h6,8,14,17-18H,1,7,9-13,15H2,2-5H3,(H,27,28,29,30). The Kier molecular flexibility index (Phi) is 5.70. The molecule has 2 fully saturated rings. The number of aromatic nitrogens is 2. The van der Waals surface area contributed by atoms with Crippen molar-refractivity contribution in [1.82, 2.24) is 9.97 Å². The van der Waals surface area contributed by atoms with Crippen LogP contribution in [0.3, 0.4) is 0 Å². The third-order valence-corrected chi connectivity index (χ3v) is 8.76. The largest absolute Gasteiger partial charge is 0.481 e. The average Bonchev–Trinajstić information content (AvgIpc) is 2.72. The number of carbonyl (C=O) groups excluding carboxylic acids is 1. The van der Waals surface area contributed by atoms with E-state index >= 15 is 0 Å². The van der Waals surface area contributed by atoms with Crippen molar-refractivity contribution >= 4 is 23.5 Å². The molecule has 1 heterocycles. The third-order valence-electron chi connectivity index (χ3n) is 8.57. The van der Waals surface area contributed by atoms with Crippen molar-refractivity contribution in [3.63, 3.8) is 0 Å². The normalized spacial score (nSPS) is 37.1. The van der Waals surface area contributed by atoms with Crippen LogP contribution in [0, 0.1) is 28.1 Å². The van der Waals surface area contributed by atoms with Crippen LogP contribution in [-0.2, 0) is 4.79 Å². The summed E-state index contributed by atoms with van der Waals surface area (Å²) in [6.07, 6.45) is 12.1. The highest BCUT2D eigenvalue weighted by atomic mass is 35.5. The van der Waals surface area contributed by atoms with Gasteiger partial charge < -0.3 is 4.74 Å². The molecule has 0 saturated heterocycles. The molecule has 168 valence electrons. The van der Waals surface area contributed by atoms with Crippen molar-refractivity contribution in [2.75, 3.05) is 12.4 Å². The number of allylic oxidation sites excluding steroid dienone is 3. The van der Waals surface area contributed by atoms with E-state index in [0.29, 0.717) is 11.8 Å². The molecular formula is C25H34ClN3O2. The number of anilines is 1. The van der Waals surface area contributed by atoms with E-state index in [1.165, 1.54) is 32.4 Å². The van der Waals surface area contributed by atoms with Crippen LogP contribution in [-0.4, -0.2) is 23.0 Å². The molecule has 0 aliphatic heterocycles. The van der Waals surface area contributed by atoms with Gasteiger partial charge in [-0.2, -0.15) is 4.98 Å². The molecule has 3 aliphatic carbocycles. The van der Waals surface area contributed by atoms with Gasteiger partial charge in [-0.05, 0) is 61.2 Å². The fourth-order valence-electron chi connectivity index (χ4n) is 6.68. The molecule has 0 bridgehead atoms. The Morgan fingerprint density at radius 3 is 2.77 bits per heavy atom. The Hall–Kier alpha value is -1.88. The van der Waals surface area contributed by atoms with Crippen LogP contribution in [0.4, 0.5) is 5.95 Å². The maximum Gasteiger partial charge on any atom is 0.234 e. The number of nitrogens with zero attached hydrogens (tertiary/aromatic N) is 2. The molecule has 1 amide bonds. The summed E-state index contributed by atoms with van der Waals surface area (Å²) in [4.78, 5) is 22.0. The van der Waals surface area contributed by atoms with Crippen LogP contribution in [0.2, 0.25) is 5.15 Å². The zero-order valence-corrected chi connectivity index (χ0v) is 19.9. The SMILES string of the molecule is C=CC1(C)CCC2C(=CCC3C(C)(C(=O)Nc4nc(Cl)cc(OC)n4)CCCC23C)C1. The van der Waals surface area contributed by atoms with Gasteiger partial charge in [0.05, 0.1) is 12.5 Å². The van der Waals surface area contributed by atoms with Gasteiger partial charge in [-0.15, -0.1) is 6.58 Å². The molecule has 31 heavy (non-hydrogen) atoms. The predicted molar refractivity (Wildman–Crippen MR) is 124 cm³/mol. The number of hydrogen-bond acceptors (Lipinski definition) is 4. The minimum atomic E-state index is -0.479. The second-order valence-electron chi connectivity index (χ2n) is 10.5. The van der Waals surface area contributed by atoms with Crippen LogP contribution in [0.15, 0.2) is 30.4 Å². The first-order valence-corrected chi connectivity index (χ1v) is 11.7. The van der Waals surface area contributed by atoms with E-state index in [1.54, 1.807) is 5.57 Å². The second kappa shape index (κ2) is 7.91. The number of ether oxygens (including phenoxy) is 1. The van der Waals surface area contributed by atoms with Crippen LogP contribution in [0.1, 0.15) is 65.7 Å². The van der Waals surface area contributed by atoms with Gasteiger partial charge in [-0.1, -0.05) is 56.5 Å². The number of rotatable bonds is 4. The Morgan fingerprint density at radius 2 is 2.06 bits per heavy atom. The van der Waals surface area contributed by atoms with Crippen LogP contribution < -0.4 is 10.1 Å². The van der Waals surface area contributed by atoms with E-state index < -0.39 is 5.41 Å². The summed E-state index contributed by atoms with van der Waals surface area (Å²) in [6.45, 7) is 11.0. The third kappa shape index (κ3) is 3.79. The summed E-state index contributed by atoms with van der Waals surface area (Å²) in [6, 6.07) is 1.53. The number of methoxy groups -OCH3 is 1. The summed E-state index contributed by atoms with van der Waals surface area (Å²) in [7, 11) is 1.52. The van der Waals surface area contributed by atoms with Gasteiger partial charge in [0.15, 0.2) is 0 Å². The summed E-state index contributed by atoms with van der Waals surface area (Å²) >= 11 is 6.08. The van der Waals surface area contributed by atoms with E-state index in [0.717, 1.165) is 25.7 Å². The van der Waals surface area contributed by atoms with Gasteiger partial charge >= 0.3 is 0 Å². The molecule has 4 rings (SSSR count). The molecule has 6 heteroatoms. The number of nitrogens with one attached hydrogen (secondary N) is 1. The molecule has 0 spiro atoms. The Bertz CT molecular complexity index is 931. The number of hydrogen-bond donors (Lipinski definition) is 1. The second-order valence-corrected chi connectivity index (χ2v) is 10.9. The Balaban J connectivity index is 1.62. The highest BCUT2D eigenvalue weighted by Gasteiger charge is 2.58. The fraction of sp³-hybridized carbons (Fsp3) is 0.640. The topological polar surface area (TPSA) is 64.1 Å². The van der Waals surface area contributed by atoms with Gasteiger partial charge in [-0.3, -0.25) is 10.1 Å². The molecule has 5 unspecified atom stereocenters. The van der Waals surface area contributed by atoms with Crippen molar-refractivity contribution in [3.05, 3.63) is 35.5 Å². The highest BCUT2D eigenvalue weighted by Crippen LogP contribution is 2.63. The highest BCUT2D eigenvalue weighted by molar-refractivity contribution is 6.29. The van der Waals surface area contributed by atoms with E-state index in [1.807, 2.05) is 0 Å². The lowest BCUT2D eigenvalue weighted by atomic mass is 9.45. The molecular weight excluding hydrogens is 410 g/mol. The van der Waals surface area contributed by atoms with Crippen LogP contribution >= 0.6 is 11.6 Å². The predicted octanol–water partition coefficient (Wildman–Crippen LogP) is 6.21. The molecule has 1 N–H and O–H groups in total. The first-order valence-electron chi connectivity index (χ1n) is 11.4. The van der Waals surface area contributed by atoms with E-state index in [4.69, 9.17) is 16.3 Å². The number of amides is 1. The van der Waals surface area contributed by atoms with Gasteiger partial charge in [0.2, 0.25) is 17.7 Å². The first kappa shape index (κ1) is 22.3. The van der Waals surface area contributed by atoms with Gasteiger partial charge in [0, 0.05) is 6.07 Å². The first-order chi connectivity index (χ1) is 14.6. The van der Waals surface area contributed by atoms with Gasteiger partial charge in [0.25, 0.3) is 0 Å². The van der Waals surface area contributed by atoms with Crippen molar-refractivity contribution < 1.29 is 9.53 Å². The summed E-state index contributed by atoms with van der Waals surface area (Å²) in [5.74, 6) is 1.36. The molecule has 1 aromatic heterocycles. The number of halogens is 1. The molecule has 1 aromatic rings. The molecule has 5 atom stereocenters. The molecule has 0 radical (unpaired) electrons. The lowest BCUT2D eigenvalue weighted by Gasteiger charge is -2.59. The van der Waals surface area contributed by atoms with Crippen LogP contribution in [0.25, 0.3) is 0 Å². The quantitative estimate of drug-likeness (QED) is 0.443. The maximum absolute atomic E-state index is 13.6. The zero-order chi connectivity index (χ0) is 22.4. The molecule has 5 nitrogen and oxygen atoms in total. The summed E-state index contributed by atoms with van der Waals surface area (Å²) in [5, 5.41) is 3.20. The van der Waals surface area contributed by atoms with E-state index in [9.17, 15) is 4.79 Å². The molecule has 0 aromatic carbocycles. The molecule has 3 aliphatic rings. The van der Waals surface area contributed by atoms with E-state index in [-0.39, 0.29) is 33.8 Å². The number of carbonyl (C=O) groups is 1. The maximum atomic E-state index is 13.6. The smallest absolute Gasteiger partial charge is 0.234 e.